The van der Waals surface area contributed by atoms with E-state index in [1.807, 2.05) is 25.6 Å². The van der Waals surface area contributed by atoms with Crippen LogP contribution in [0.5, 0.6) is 0 Å². The van der Waals surface area contributed by atoms with Crippen molar-refractivity contribution in [3.63, 3.8) is 0 Å². The summed E-state index contributed by atoms with van der Waals surface area (Å²) < 4.78 is 26.7. The number of nitrogens with one attached hydrogen (secondary N) is 2. The van der Waals surface area contributed by atoms with Crippen molar-refractivity contribution in [2.75, 3.05) is 18.6 Å². The zero-order chi connectivity index (χ0) is 13.6. The minimum Gasteiger partial charge on any atom is -0.313 e. The Balaban J connectivity index is 2.35. The van der Waals surface area contributed by atoms with Gasteiger partial charge in [0, 0.05) is 23.9 Å². The minimum atomic E-state index is -3.13. The molecule has 0 aromatic carbocycles. The van der Waals surface area contributed by atoms with E-state index in [4.69, 9.17) is 0 Å². The molecule has 0 aromatic rings. The van der Waals surface area contributed by atoms with Gasteiger partial charge in [-0.15, -0.1) is 0 Å². The zero-order valence-corrected chi connectivity index (χ0v) is 13.2. The maximum absolute atomic E-state index is 11.9. The third-order valence-corrected chi connectivity index (χ3v) is 5.76. The fraction of sp³-hybridized carbons (Fsp3) is 1.00. The monoisotopic (exact) mass is 294 g/mol. The summed E-state index contributed by atoms with van der Waals surface area (Å²) in [5, 5.41) is 3.75. The second-order valence-electron chi connectivity index (χ2n) is 5.27. The molecule has 0 saturated heterocycles. The van der Waals surface area contributed by atoms with E-state index in [0.717, 1.165) is 19.3 Å². The molecule has 1 aliphatic rings. The maximum atomic E-state index is 11.9. The molecule has 2 N–H and O–H groups in total. The van der Waals surface area contributed by atoms with E-state index in [-0.39, 0.29) is 11.8 Å². The average Bonchev–Trinajstić information content (AvgIpc) is 2.27. The average molecular weight is 294 g/mol. The fourth-order valence-corrected chi connectivity index (χ4v) is 4.31. The molecule has 6 heteroatoms. The third-order valence-electron chi connectivity index (χ3n) is 3.23. The lowest BCUT2D eigenvalue weighted by Gasteiger charge is -2.28. The topological polar surface area (TPSA) is 58.2 Å². The lowest BCUT2D eigenvalue weighted by atomic mass is 9.96. The first-order valence-electron chi connectivity index (χ1n) is 6.69. The van der Waals surface area contributed by atoms with E-state index in [1.165, 1.54) is 6.42 Å². The Bertz CT molecular complexity index is 331. The van der Waals surface area contributed by atoms with E-state index in [0.29, 0.717) is 17.8 Å². The summed E-state index contributed by atoms with van der Waals surface area (Å²) in [6.07, 6.45) is 6.40. The SMILES string of the molecule is CSC1CCCC(NS(=O)(=O)CCNC(C)C)C1. The smallest absolute Gasteiger partial charge is 0.213 e. The van der Waals surface area contributed by atoms with Crippen LogP contribution in [0.2, 0.25) is 0 Å². The van der Waals surface area contributed by atoms with Gasteiger partial charge in [-0.2, -0.15) is 11.8 Å². The van der Waals surface area contributed by atoms with Crippen LogP contribution in [0.1, 0.15) is 39.5 Å². The molecule has 2 unspecified atom stereocenters. The van der Waals surface area contributed by atoms with Crippen LogP contribution in [-0.4, -0.2) is 44.3 Å². The van der Waals surface area contributed by atoms with Crippen LogP contribution in [0.25, 0.3) is 0 Å². The van der Waals surface area contributed by atoms with Gasteiger partial charge in [-0.3, -0.25) is 0 Å². The Labute approximate surface area is 116 Å². The highest BCUT2D eigenvalue weighted by Gasteiger charge is 2.24. The van der Waals surface area contributed by atoms with Crippen LogP contribution in [0.4, 0.5) is 0 Å². The quantitative estimate of drug-likeness (QED) is 0.748. The van der Waals surface area contributed by atoms with Crippen LogP contribution >= 0.6 is 11.8 Å². The Hall–Kier alpha value is 0.220. The Morgan fingerprint density at radius 2 is 2.06 bits per heavy atom. The van der Waals surface area contributed by atoms with Gasteiger partial charge >= 0.3 is 0 Å². The van der Waals surface area contributed by atoms with Crippen LogP contribution in [0, 0.1) is 0 Å². The summed E-state index contributed by atoms with van der Waals surface area (Å²) in [5.41, 5.74) is 0. The van der Waals surface area contributed by atoms with E-state index >= 15 is 0 Å². The van der Waals surface area contributed by atoms with Gasteiger partial charge in [-0.1, -0.05) is 20.3 Å². The van der Waals surface area contributed by atoms with Crippen molar-refractivity contribution < 1.29 is 8.42 Å². The normalized spacial score (nSPS) is 25.6. The van der Waals surface area contributed by atoms with Gasteiger partial charge in [0.1, 0.15) is 0 Å². The molecule has 0 amide bonds. The fourth-order valence-electron chi connectivity index (χ4n) is 2.26. The summed E-state index contributed by atoms with van der Waals surface area (Å²) >= 11 is 1.85. The predicted octanol–water partition coefficient (Wildman–Crippen LogP) is 1.58. The number of sulfonamides is 1. The largest absolute Gasteiger partial charge is 0.313 e. The summed E-state index contributed by atoms with van der Waals surface area (Å²) in [5.74, 6) is 0.172. The van der Waals surface area contributed by atoms with Crippen molar-refractivity contribution in [1.29, 1.82) is 0 Å². The first kappa shape index (κ1) is 16.3. The minimum absolute atomic E-state index is 0.139. The number of rotatable bonds is 7. The molecule has 0 aliphatic heterocycles. The number of hydrogen-bond acceptors (Lipinski definition) is 4. The molecule has 0 bridgehead atoms. The molecule has 0 aromatic heterocycles. The van der Waals surface area contributed by atoms with Gasteiger partial charge in [0.2, 0.25) is 10.0 Å². The standard InChI is InChI=1S/C12H26N2O2S2/c1-10(2)13-7-8-18(15,16)14-11-5-4-6-12(9-11)17-3/h10-14H,4-9H2,1-3H3. The highest BCUT2D eigenvalue weighted by Crippen LogP contribution is 2.27. The third kappa shape index (κ3) is 6.41. The molecule has 4 nitrogen and oxygen atoms in total. The molecule has 108 valence electrons. The molecule has 0 heterocycles. The van der Waals surface area contributed by atoms with Gasteiger partial charge in [0.25, 0.3) is 0 Å². The van der Waals surface area contributed by atoms with Crippen LogP contribution in [0.3, 0.4) is 0 Å². The molecular weight excluding hydrogens is 268 g/mol. The summed E-state index contributed by atoms with van der Waals surface area (Å²) in [4.78, 5) is 0. The molecule has 1 saturated carbocycles. The van der Waals surface area contributed by atoms with Gasteiger partial charge < -0.3 is 5.32 Å². The molecular formula is C12H26N2O2S2. The maximum Gasteiger partial charge on any atom is 0.213 e. The second-order valence-corrected chi connectivity index (χ2v) is 8.28. The van der Waals surface area contributed by atoms with Gasteiger partial charge in [0.15, 0.2) is 0 Å². The van der Waals surface area contributed by atoms with Crippen LogP contribution in [-0.2, 0) is 10.0 Å². The molecule has 0 radical (unpaired) electrons. The summed E-state index contributed by atoms with van der Waals surface area (Å²) in [7, 11) is -3.13. The first-order valence-corrected chi connectivity index (χ1v) is 9.63. The van der Waals surface area contributed by atoms with Crippen molar-refractivity contribution in [1.82, 2.24) is 10.0 Å². The zero-order valence-electron chi connectivity index (χ0n) is 11.6. The highest BCUT2D eigenvalue weighted by molar-refractivity contribution is 7.99. The van der Waals surface area contributed by atoms with Crippen molar-refractivity contribution in [3.05, 3.63) is 0 Å². The van der Waals surface area contributed by atoms with E-state index in [9.17, 15) is 8.42 Å². The Morgan fingerprint density at radius 1 is 1.33 bits per heavy atom. The number of hydrogen-bond donors (Lipinski definition) is 2. The summed E-state index contributed by atoms with van der Waals surface area (Å²) in [6.45, 7) is 4.56. The number of thioether (sulfide) groups is 1. The van der Waals surface area contributed by atoms with Crippen molar-refractivity contribution in [2.24, 2.45) is 0 Å². The highest BCUT2D eigenvalue weighted by atomic mass is 32.2. The van der Waals surface area contributed by atoms with Crippen molar-refractivity contribution in [2.45, 2.75) is 56.9 Å². The van der Waals surface area contributed by atoms with Gasteiger partial charge in [0.05, 0.1) is 5.75 Å². The molecule has 1 rings (SSSR count). The summed E-state index contributed by atoms with van der Waals surface area (Å²) in [6, 6.07) is 0.469. The van der Waals surface area contributed by atoms with Crippen molar-refractivity contribution >= 4 is 21.8 Å². The van der Waals surface area contributed by atoms with E-state index in [1.54, 1.807) is 0 Å². The van der Waals surface area contributed by atoms with Crippen LogP contribution in [0.15, 0.2) is 0 Å². The lowest BCUT2D eigenvalue weighted by Crippen LogP contribution is -2.42. The van der Waals surface area contributed by atoms with Gasteiger partial charge in [-0.25, -0.2) is 13.1 Å². The van der Waals surface area contributed by atoms with E-state index in [2.05, 4.69) is 16.3 Å². The van der Waals surface area contributed by atoms with Gasteiger partial charge in [-0.05, 0) is 25.5 Å². The Morgan fingerprint density at radius 3 is 2.67 bits per heavy atom. The lowest BCUT2D eigenvalue weighted by molar-refractivity contribution is 0.420. The molecule has 1 aliphatic carbocycles. The molecule has 1 fully saturated rings. The molecule has 2 atom stereocenters. The molecule has 18 heavy (non-hydrogen) atoms. The molecule has 0 spiro atoms. The Kier molecular flexibility index (Phi) is 6.98. The predicted molar refractivity (Wildman–Crippen MR) is 79.6 cm³/mol. The van der Waals surface area contributed by atoms with Crippen molar-refractivity contribution in [3.8, 4) is 0 Å². The van der Waals surface area contributed by atoms with E-state index < -0.39 is 10.0 Å². The first-order chi connectivity index (χ1) is 8.43. The van der Waals surface area contributed by atoms with Crippen LogP contribution < -0.4 is 10.0 Å². The second kappa shape index (κ2) is 7.72.